The number of Topliss-reactive ketones (excluding diaryl/α,β-unsaturated/α-hetero) is 1. The molecule has 1 aliphatic carbocycles. The summed E-state index contributed by atoms with van der Waals surface area (Å²) in [6.45, 7) is 8.10. The quantitative estimate of drug-likeness (QED) is 0.269. The number of rotatable bonds is 13. The number of esters is 1. The Labute approximate surface area is 176 Å². The zero-order valence-electron chi connectivity index (χ0n) is 18.6. The van der Waals surface area contributed by atoms with Gasteiger partial charge in [0.05, 0.1) is 18.3 Å². The van der Waals surface area contributed by atoms with E-state index >= 15 is 0 Å². The maximum Gasteiger partial charge on any atom is 0.306 e. The predicted molar refractivity (Wildman–Crippen MR) is 115 cm³/mol. The van der Waals surface area contributed by atoms with Crippen LogP contribution >= 0.6 is 0 Å². The summed E-state index contributed by atoms with van der Waals surface area (Å²) in [7, 11) is 0. The molecule has 29 heavy (non-hydrogen) atoms. The van der Waals surface area contributed by atoms with E-state index in [1.54, 1.807) is 19.9 Å². The first-order chi connectivity index (χ1) is 13.7. The fourth-order valence-electron chi connectivity index (χ4n) is 3.82. The molecular formula is C24H40O5. The number of aliphatic hydroxyl groups excluding tert-OH is 1. The summed E-state index contributed by atoms with van der Waals surface area (Å²) in [5, 5.41) is 20.8. The molecule has 0 radical (unpaired) electrons. The molecule has 5 heteroatoms. The number of aliphatic hydroxyl groups is 2. The van der Waals surface area contributed by atoms with Gasteiger partial charge in [-0.05, 0) is 39.0 Å². The van der Waals surface area contributed by atoms with Gasteiger partial charge in [0.15, 0.2) is 0 Å². The highest BCUT2D eigenvalue weighted by molar-refractivity contribution is 5.84. The molecule has 0 bridgehead atoms. The van der Waals surface area contributed by atoms with Crippen molar-refractivity contribution >= 4 is 11.8 Å². The van der Waals surface area contributed by atoms with E-state index in [4.69, 9.17) is 4.74 Å². The summed E-state index contributed by atoms with van der Waals surface area (Å²) < 4.78 is 4.96. The summed E-state index contributed by atoms with van der Waals surface area (Å²) in [5.74, 6) is -0.448. The molecule has 0 aromatic carbocycles. The van der Waals surface area contributed by atoms with Crippen LogP contribution in [-0.2, 0) is 14.3 Å². The predicted octanol–water partition coefficient (Wildman–Crippen LogP) is 4.37. The highest BCUT2D eigenvalue weighted by Crippen LogP contribution is 2.34. The van der Waals surface area contributed by atoms with Gasteiger partial charge < -0.3 is 14.9 Å². The van der Waals surface area contributed by atoms with Crippen molar-refractivity contribution < 1.29 is 24.5 Å². The zero-order chi connectivity index (χ0) is 21.9. The Morgan fingerprint density at radius 1 is 1.31 bits per heavy atom. The van der Waals surface area contributed by atoms with Crippen LogP contribution in [0.4, 0.5) is 0 Å². The van der Waals surface area contributed by atoms with Crippen molar-refractivity contribution in [2.75, 3.05) is 6.61 Å². The molecule has 2 N–H and O–H groups in total. The van der Waals surface area contributed by atoms with E-state index in [1.165, 1.54) is 0 Å². The van der Waals surface area contributed by atoms with Crippen LogP contribution in [0.1, 0.15) is 79.1 Å². The molecule has 1 saturated carbocycles. The summed E-state index contributed by atoms with van der Waals surface area (Å²) in [4.78, 5) is 23.8. The minimum absolute atomic E-state index is 0.0713. The molecule has 0 aromatic rings. The van der Waals surface area contributed by atoms with Gasteiger partial charge in [0, 0.05) is 24.7 Å². The van der Waals surface area contributed by atoms with Crippen LogP contribution < -0.4 is 0 Å². The third kappa shape index (κ3) is 9.72. The molecule has 1 fully saturated rings. The SMILES string of the molecule is CCCCC[C@@](C)(O)/C=C/[C@H]1[C@H](O)CC(=O)[C@@H]1C/C=C\CC(C)CC(=O)OCC. The van der Waals surface area contributed by atoms with Crippen molar-refractivity contribution in [2.45, 2.75) is 90.8 Å². The van der Waals surface area contributed by atoms with Crippen LogP contribution in [-0.4, -0.2) is 40.3 Å². The molecule has 1 rings (SSSR count). The van der Waals surface area contributed by atoms with Crippen LogP contribution in [0.25, 0.3) is 0 Å². The van der Waals surface area contributed by atoms with Gasteiger partial charge in [-0.1, -0.05) is 57.4 Å². The molecule has 0 spiro atoms. The number of ether oxygens (including phenoxy) is 1. The molecule has 166 valence electrons. The maximum absolute atomic E-state index is 12.3. The van der Waals surface area contributed by atoms with Crippen molar-refractivity contribution in [3.05, 3.63) is 24.3 Å². The Kier molecular flexibility index (Phi) is 11.4. The van der Waals surface area contributed by atoms with Crippen molar-refractivity contribution in [2.24, 2.45) is 17.8 Å². The Bertz CT molecular complexity index is 564. The molecule has 0 aliphatic heterocycles. The van der Waals surface area contributed by atoms with Gasteiger partial charge >= 0.3 is 5.97 Å². The first-order valence-corrected chi connectivity index (χ1v) is 11.1. The molecular weight excluding hydrogens is 368 g/mol. The minimum Gasteiger partial charge on any atom is -0.466 e. The van der Waals surface area contributed by atoms with Crippen molar-refractivity contribution in [3.63, 3.8) is 0 Å². The van der Waals surface area contributed by atoms with E-state index in [0.29, 0.717) is 25.9 Å². The number of carbonyl (C=O) groups excluding carboxylic acids is 2. The highest BCUT2D eigenvalue weighted by Gasteiger charge is 2.39. The molecule has 0 heterocycles. The average molecular weight is 409 g/mol. The largest absolute Gasteiger partial charge is 0.466 e. The van der Waals surface area contributed by atoms with Gasteiger partial charge in [0.25, 0.3) is 0 Å². The van der Waals surface area contributed by atoms with Crippen molar-refractivity contribution in [1.82, 2.24) is 0 Å². The Morgan fingerprint density at radius 3 is 2.69 bits per heavy atom. The van der Waals surface area contributed by atoms with Gasteiger partial charge in [-0.2, -0.15) is 0 Å². The standard InChI is InChI=1S/C24H40O5/c1-5-7-10-14-24(4,28)15-13-20-19(21(25)17-22(20)26)12-9-8-11-18(3)16-23(27)29-6-2/h8-9,13,15,18-20,22,26,28H,5-7,10-12,14,16-17H2,1-4H3/b9-8-,15-13+/t18?,19-,20-,22-,24-/m1/s1. The fraction of sp³-hybridized carbons (Fsp3) is 0.750. The summed E-state index contributed by atoms with van der Waals surface area (Å²) in [6.07, 6.45) is 12.6. The molecule has 1 aliphatic rings. The highest BCUT2D eigenvalue weighted by atomic mass is 16.5. The van der Waals surface area contributed by atoms with Crippen LogP contribution in [0.5, 0.6) is 0 Å². The van der Waals surface area contributed by atoms with Gasteiger partial charge in [0.2, 0.25) is 0 Å². The van der Waals surface area contributed by atoms with Crippen molar-refractivity contribution in [1.29, 1.82) is 0 Å². The van der Waals surface area contributed by atoms with Crippen LogP contribution in [0.15, 0.2) is 24.3 Å². The zero-order valence-corrected chi connectivity index (χ0v) is 18.6. The number of allylic oxidation sites excluding steroid dienone is 2. The summed E-state index contributed by atoms with van der Waals surface area (Å²) in [6, 6.07) is 0. The first-order valence-electron chi connectivity index (χ1n) is 11.1. The van der Waals surface area contributed by atoms with E-state index in [-0.39, 0.29) is 35.9 Å². The monoisotopic (exact) mass is 408 g/mol. The summed E-state index contributed by atoms with van der Waals surface area (Å²) in [5.41, 5.74) is -0.913. The topological polar surface area (TPSA) is 83.8 Å². The van der Waals surface area contributed by atoms with Gasteiger partial charge in [-0.15, -0.1) is 0 Å². The van der Waals surface area contributed by atoms with E-state index in [1.807, 2.05) is 25.2 Å². The van der Waals surface area contributed by atoms with Gasteiger partial charge in [0.1, 0.15) is 5.78 Å². The molecule has 0 saturated heterocycles. The normalized spacial score (nSPS) is 25.6. The average Bonchev–Trinajstić information content (AvgIpc) is 2.90. The number of unbranched alkanes of at least 4 members (excludes halogenated alkanes) is 2. The summed E-state index contributed by atoms with van der Waals surface area (Å²) >= 11 is 0. The molecule has 5 nitrogen and oxygen atoms in total. The second kappa shape index (κ2) is 13.0. The van der Waals surface area contributed by atoms with Crippen molar-refractivity contribution in [3.8, 4) is 0 Å². The second-order valence-electron chi connectivity index (χ2n) is 8.65. The van der Waals surface area contributed by atoms with Crippen LogP contribution in [0.3, 0.4) is 0 Å². The number of hydrogen-bond acceptors (Lipinski definition) is 5. The molecule has 0 aromatic heterocycles. The van der Waals surface area contributed by atoms with E-state index < -0.39 is 11.7 Å². The van der Waals surface area contributed by atoms with Crippen LogP contribution in [0, 0.1) is 17.8 Å². The lowest BCUT2D eigenvalue weighted by molar-refractivity contribution is -0.144. The lowest BCUT2D eigenvalue weighted by Gasteiger charge is -2.22. The third-order valence-corrected chi connectivity index (χ3v) is 5.61. The second-order valence-corrected chi connectivity index (χ2v) is 8.65. The Balaban J connectivity index is 2.58. The molecule has 5 atom stereocenters. The minimum atomic E-state index is -0.913. The van der Waals surface area contributed by atoms with E-state index in [2.05, 4.69) is 6.92 Å². The lowest BCUT2D eigenvalue weighted by atomic mass is 9.88. The Hall–Kier alpha value is -1.46. The molecule has 0 amide bonds. The van der Waals surface area contributed by atoms with Gasteiger partial charge in [-0.3, -0.25) is 9.59 Å². The smallest absolute Gasteiger partial charge is 0.306 e. The van der Waals surface area contributed by atoms with Crippen LogP contribution in [0.2, 0.25) is 0 Å². The third-order valence-electron chi connectivity index (χ3n) is 5.61. The number of carbonyl (C=O) groups is 2. The first kappa shape index (κ1) is 25.6. The van der Waals surface area contributed by atoms with E-state index in [9.17, 15) is 19.8 Å². The number of ketones is 1. The number of hydrogen-bond donors (Lipinski definition) is 2. The maximum atomic E-state index is 12.3. The molecule has 1 unspecified atom stereocenters. The Morgan fingerprint density at radius 2 is 2.03 bits per heavy atom. The van der Waals surface area contributed by atoms with E-state index in [0.717, 1.165) is 25.7 Å². The lowest BCUT2D eigenvalue weighted by Crippen LogP contribution is -2.23. The van der Waals surface area contributed by atoms with Gasteiger partial charge in [-0.25, -0.2) is 0 Å². The fourth-order valence-corrected chi connectivity index (χ4v) is 3.82.